The first-order valence-corrected chi connectivity index (χ1v) is 10.0. The van der Waals surface area contributed by atoms with Gasteiger partial charge in [0.2, 0.25) is 5.95 Å². The molecule has 154 valence electrons. The van der Waals surface area contributed by atoms with Gasteiger partial charge in [0, 0.05) is 22.7 Å². The third-order valence-electron chi connectivity index (χ3n) is 5.22. The van der Waals surface area contributed by atoms with Gasteiger partial charge in [-0.25, -0.2) is 4.98 Å². The average molecular weight is 416 g/mol. The predicted octanol–water partition coefficient (Wildman–Crippen LogP) is 5.48. The highest BCUT2D eigenvalue weighted by Crippen LogP contribution is 2.33. The molecule has 0 saturated heterocycles. The molecule has 1 heterocycles. The molecule has 0 radical (unpaired) electrons. The number of anilines is 2. The number of aromatic amines is 1. The molecule has 0 unspecified atom stereocenters. The zero-order valence-corrected chi connectivity index (χ0v) is 17.7. The van der Waals surface area contributed by atoms with Gasteiger partial charge in [0.1, 0.15) is 5.49 Å². The molecule has 0 saturated carbocycles. The largest absolute Gasteiger partial charge is 0.326 e. The van der Waals surface area contributed by atoms with Gasteiger partial charge in [-0.2, -0.15) is 10.5 Å². The first-order chi connectivity index (χ1) is 15.5. The van der Waals surface area contributed by atoms with Crippen molar-refractivity contribution in [2.75, 3.05) is 5.32 Å². The summed E-state index contributed by atoms with van der Waals surface area (Å²) in [5.41, 5.74) is 7.44. The van der Waals surface area contributed by atoms with Crippen molar-refractivity contribution in [3.05, 3.63) is 88.4 Å². The molecule has 0 atom stereocenters. The van der Waals surface area contributed by atoms with E-state index in [0.29, 0.717) is 11.5 Å². The van der Waals surface area contributed by atoms with Crippen molar-refractivity contribution in [3.63, 3.8) is 0 Å². The summed E-state index contributed by atoms with van der Waals surface area (Å²) in [6.07, 6.45) is 3.26. The molecule has 32 heavy (non-hydrogen) atoms. The number of nitrogens with zero attached hydrogens (tertiary/aromatic N) is 3. The number of para-hydroxylation sites is 1. The lowest BCUT2D eigenvalue weighted by Crippen LogP contribution is -2.12. The molecule has 1 aromatic heterocycles. The van der Waals surface area contributed by atoms with Crippen LogP contribution in [0.3, 0.4) is 0 Å². The number of allylic oxidation sites excluding steroid dienone is 1. The molecular formula is C26H20N6. The molecule has 0 bridgehead atoms. The summed E-state index contributed by atoms with van der Waals surface area (Å²) in [6.45, 7) is 4.08. The summed E-state index contributed by atoms with van der Waals surface area (Å²) in [7, 11) is 0. The molecule has 6 heteroatoms. The number of benzene rings is 3. The van der Waals surface area contributed by atoms with Crippen molar-refractivity contribution in [2.45, 2.75) is 13.8 Å². The van der Waals surface area contributed by atoms with Crippen LogP contribution in [0.15, 0.2) is 60.7 Å². The van der Waals surface area contributed by atoms with E-state index in [2.05, 4.69) is 16.4 Å². The van der Waals surface area contributed by atoms with Gasteiger partial charge in [0.05, 0.1) is 23.2 Å². The highest BCUT2D eigenvalue weighted by Gasteiger charge is 2.13. The summed E-state index contributed by atoms with van der Waals surface area (Å²) in [4.78, 5) is 7.80. The van der Waals surface area contributed by atoms with E-state index in [0.717, 1.165) is 44.4 Å². The summed E-state index contributed by atoms with van der Waals surface area (Å²) < 4.78 is 0. The van der Waals surface area contributed by atoms with Gasteiger partial charge >= 0.3 is 0 Å². The van der Waals surface area contributed by atoms with Gasteiger partial charge in [-0.05, 0) is 72.5 Å². The Balaban J connectivity index is 1.84. The van der Waals surface area contributed by atoms with Gasteiger partial charge in [-0.3, -0.25) is 5.41 Å². The van der Waals surface area contributed by atoms with Crippen LogP contribution in [-0.2, 0) is 0 Å². The Morgan fingerprint density at radius 3 is 2.41 bits per heavy atom. The number of nitriles is 2. The lowest BCUT2D eigenvalue weighted by Gasteiger charge is -2.15. The van der Waals surface area contributed by atoms with Crippen LogP contribution in [0.4, 0.5) is 11.6 Å². The smallest absolute Gasteiger partial charge is 0.206 e. The fourth-order valence-electron chi connectivity index (χ4n) is 3.87. The first kappa shape index (κ1) is 20.6. The van der Waals surface area contributed by atoms with Crippen LogP contribution in [0.2, 0.25) is 0 Å². The van der Waals surface area contributed by atoms with E-state index < -0.39 is 0 Å². The number of fused-ring (bicyclic) bond motifs is 1. The number of nitrogens with one attached hydrogen (secondary N) is 3. The van der Waals surface area contributed by atoms with Crippen molar-refractivity contribution >= 4 is 28.6 Å². The van der Waals surface area contributed by atoms with Gasteiger partial charge in [-0.1, -0.05) is 24.3 Å². The number of rotatable bonds is 4. The highest BCUT2D eigenvalue weighted by atomic mass is 15.1. The number of aromatic nitrogens is 2. The van der Waals surface area contributed by atoms with Crippen molar-refractivity contribution < 1.29 is 0 Å². The Kier molecular flexibility index (Phi) is 5.53. The summed E-state index contributed by atoms with van der Waals surface area (Å²) >= 11 is 0. The number of hydrogen-bond acceptors (Lipinski definition) is 5. The second kappa shape index (κ2) is 8.59. The molecule has 0 spiro atoms. The van der Waals surface area contributed by atoms with Crippen LogP contribution in [0, 0.1) is 41.9 Å². The third-order valence-corrected chi connectivity index (χ3v) is 5.22. The van der Waals surface area contributed by atoms with E-state index in [1.165, 1.54) is 6.08 Å². The highest BCUT2D eigenvalue weighted by molar-refractivity contribution is 5.95. The van der Waals surface area contributed by atoms with Crippen LogP contribution in [0.25, 0.3) is 28.1 Å². The van der Waals surface area contributed by atoms with Crippen molar-refractivity contribution in [1.82, 2.24) is 9.97 Å². The van der Waals surface area contributed by atoms with E-state index in [1.54, 1.807) is 30.3 Å². The Morgan fingerprint density at radius 1 is 1.03 bits per heavy atom. The van der Waals surface area contributed by atoms with Crippen molar-refractivity contribution in [3.8, 4) is 23.3 Å². The number of hydrogen-bond donors (Lipinski definition) is 3. The maximum atomic E-state index is 8.98. The third kappa shape index (κ3) is 3.98. The molecule has 0 aliphatic carbocycles. The quantitative estimate of drug-likeness (QED) is 0.382. The summed E-state index contributed by atoms with van der Waals surface area (Å²) in [5.74, 6) is 0.448. The lowest BCUT2D eigenvalue weighted by molar-refractivity contribution is 1.08. The van der Waals surface area contributed by atoms with E-state index in [1.807, 2.05) is 50.2 Å². The maximum absolute atomic E-state index is 8.98. The van der Waals surface area contributed by atoms with E-state index in [-0.39, 0.29) is 5.49 Å². The minimum atomic E-state index is 0.261. The van der Waals surface area contributed by atoms with Crippen molar-refractivity contribution in [2.24, 2.45) is 0 Å². The van der Waals surface area contributed by atoms with E-state index in [9.17, 15) is 0 Å². The molecule has 4 rings (SSSR count). The maximum Gasteiger partial charge on any atom is 0.206 e. The standard InChI is InChI=1S/C26H20N6/c1-16-13-19(5-4-12-27)14-17(2)23(16)21-6-3-7-22-24(21)31-26(32-25(22)29)30-20-10-8-18(15-28)9-11-20/h3-11,13-14H,1-2H3,(H3,29,30,31,32)/b5-4+. The van der Waals surface area contributed by atoms with Crippen LogP contribution in [0.5, 0.6) is 0 Å². The minimum absolute atomic E-state index is 0.261. The molecular weight excluding hydrogens is 396 g/mol. The molecule has 3 aromatic carbocycles. The van der Waals surface area contributed by atoms with Crippen LogP contribution < -0.4 is 10.8 Å². The Morgan fingerprint density at radius 2 is 1.75 bits per heavy atom. The van der Waals surface area contributed by atoms with Gasteiger partial charge in [-0.15, -0.1) is 0 Å². The average Bonchev–Trinajstić information content (AvgIpc) is 2.78. The molecule has 0 fully saturated rings. The van der Waals surface area contributed by atoms with Crippen LogP contribution in [-0.4, -0.2) is 9.97 Å². The fraction of sp³-hybridized carbons (Fsp3) is 0.0769. The van der Waals surface area contributed by atoms with Gasteiger partial charge in [0.25, 0.3) is 0 Å². The summed E-state index contributed by atoms with van der Waals surface area (Å²) in [6, 6.07) is 21.1. The molecule has 3 N–H and O–H groups in total. The number of H-pyrrole nitrogens is 1. The Hall–Kier alpha value is -4.68. The predicted molar refractivity (Wildman–Crippen MR) is 126 cm³/mol. The zero-order valence-electron chi connectivity index (χ0n) is 17.7. The molecule has 4 aromatic rings. The molecule has 0 amide bonds. The Bertz CT molecular complexity index is 1470. The normalized spacial score (nSPS) is 10.8. The Labute approximate surface area is 185 Å². The van der Waals surface area contributed by atoms with Crippen LogP contribution >= 0.6 is 0 Å². The van der Waals surface area contributed by atoms with Gasteiger partial charge in [0.15, 0.2) is 0 Å². The SMILES string of the molecule is Cc1cc(/C=C/C#N)cc(C)c1-c1cccc2c(=N)[nH]c(Nc3ccc(C#N)cc3)nc12. The van der Waals surface area contributed by atoms with Crippen LogP contribution in [0.1, 0.15) is 22.3 Å². The second-order valence-corrected chi connectivity index (χ2v) is 7.47. The number of aryl methyl sites for hydroxylation is 2. The van der Waals surface area contributed by atoms with E-state index >= 15 is 0 Å². The topological polar surface area (TPSA) is 112 Å². The molecule has 6 nitrogen and oxygen atoms in total. The minimum Gasteiger partial charge on any atom is -0.326 e. The zero-order chi connectivity index (χ0) is 22.7. The molecule has 0 aliphatic heterocycles. The first-order valence-electron chi connectivity index (χ1n) is 10.0. The molecule has 0 aliphatic rings. The van der Waals surface area contributed by atoms with Gasteiger partial charge < -0.3 is 10.3 Å². The van der Waals surface area contributed by atoms with Crippen molar-refractivity contribution in [1.29, 1.82) is 15.9 Å². The fourth-order valence-corrected chi connectivity index (χ4v) is 3.87. The summed E-state index contributed by atoms with van der Waals surface area (Å²) in [5, 5.41) is 30.2. The second-order valence-electron chi connectivity index (χ2n) is 7.47. The van der Waals surface area contributed by atoms with E-state index in [4.69, 9.17) is 20.9 Å². The monoisotopic (exact) mass is 416 g/mol. The lowest BCUT2D eigenvalue weighted by atomic mass is 9.92.